The average molecular weight is 391 g/mol. The Kier molecular flexibility index (Phi) is 6.12. The zero-order valence-electron chi connectivity index (χ0n) is 16.9. The van der Waals surface area contributed by atoms with Gasteiger partial charge in [0.15, 0.2) is 0 Å². The van der Waals surface area contributed by atoms with Gasteiger partial charge in [-0.2, -0.15) is 5.10 Å². The van der Waals surface area contributed by atoms with Gasteiger partial charge in [0.25, 0.3) is 5.91 Å². The molecule has 150 valence electrons. The summed E-state index contributed by atoms with van der Waals surface area (Å²) in [5, 5.41) is 6.76. The van der Waals surface area contributed by atoms with Gasteiger partial charge in [-0.05, 0) is 46.9 Å². The molecule has 29 heavy (non-hydrogen) atoms. The molecule has 0 radical (unpaired) electrons. The fourth-order valence-corrected chi connectivity index (χ4v) is 2.76. The van der Waals surface area contributed by atoms with Crippen molar-refractivity contribution in [1.29, 1.82) is 0 Å². The first-order chi connectivity index (χ1) is 13.8. The van der Waals surface area contributed by atoms with E-state index in [9.17, 15) is 9.59 Å². The SMILES string of the molecule is CC(C)(C)c1ccc(C(=O)NCC(=O)OCc2ccc(-n3cccn3)cc2)cc1. The molecular weight excluding hydrogens is 366 g/mol. The van der Waals surface area contributed by atoms with E-state index in [0.717, 1.165) is 16.8 Å². The van der Waals surface area contributed by atoms with Gasteiger partial charge in [0.1, 0.15) is 13.2 Å². The minimum atomic E-state index is -0.485. The molecule has 1 heterocycles. The molecule has 0 saturated heterocycles. The number of carbonyl (C=O) groups is 2. The van der Waals surface area contributed by atoms with Crippen molar-refractivity contribution < 1.29 is 14.3 Å². The highest BCUT2D eigenvalue weighted by Crippen LogP contribution is 2.22. The van der Waals surface area contributed by atoms with Crippen molar-refractivity contribution in [2.45, 2.75) is 32.8 Å². The fourth-order valence-electron chi connectivity index (χ4n) is 2.76. The molecule has 0 aliphatic carbocycles. The summed E-state index contributed by atoms with van der Waals surface area (Å²) in [4.78, 5) is 24.1. The largest absolute Gasteiger partial charge is 0.460 e. The summed E-state index contributed by atoms with van der Waals surface area (Å²) in [6.45, 7) is 6.31. The van der Waals surface area contributed by atoms with Crippen LogP contribution in [0.5, 0.6) is 0 Å². The van der Waals surface area contributed by atoms with Crippen LogP contribution in [0.3, 0.4) is 0 Å². The van der Waals surface area contributed by atoms with Gasteiger partial charge in [-0.1, -0.05) is 45.0 Å². The van der Waals surface area contributed by atoms with E-state index in [2.05, 4.69) is 31.2 Å². The molecule has 0 spiro atoms. The zero-order valence-corrected chi connectivity index (χ0v) is 16.9. The van der Waals surface area contributed by atoms with Gasteiger partial charge in [-0.25, -0.2) is 4.68 Å². The Morgan fingerprint density at radius 3 is 2.31 bits per heavy atom. The summed E-state index contributed by atoms with van der Waals surface area (Å²) >= 11 is 0. The molecule has 1 amide bonds. The number of ether oxygens (including phenoxy) is 1. The van der Waals surface area contributed by atoms with Crippen molar-refractivity contribution in [3.05, 3.63) is 83.7 Å². The smallest absolute Gasteiger partial charge is 0.325 e. The van der Waals surface area contributed by atoms with Crippen molar-refractivity contribution in [2.75, 3.05) is 6.54 Å². The number of amides is 1. The van der Waals surface area contributed by atoms with Gasteiger partial charge in [0, 0.05) is 18.0 Å². The van der Waals surface area contributed by atoms with Gasteiger partial charge in [0.05, 0.1) is 5.69 Å². The second-order valence-corrected chi connectivity index (χ2v) is 7.79. The van der Waals surface area contributed by atoms with Gasteiger partial charge in [-0.15, -0.1) is 0 Å². The van der Waals surface area contributed by atoms with Crippen LogP contribution in [0.2, 0.25) is 0 Å². The van der Waals surface area contributed by atoms with Crippen molar-refractivity contribution in [3.63, 3.8) is 0 Å². The van der Waals surface area contributed by atoms with E-state index in [1.165, 1.54) is 0 Å². The summed E-state index contributed by atoms with van der Waals surface area (Å²) < 4.78 is 6.98. The van der Waals surface area contributed by atoms with Crippen molar-refractivity contribution >= 4 is 11.9 Å². The standard InChI is InChI=1S/C23H25N3O3/c1-23(2,3)19-9-7-18(8-10-19)22(28)24-15-21(27)29-16-17-5-11-20(12-6-17)26-14-4-13-25-26/h4-14H,15-16H2,1-3H3,(H,24,28). The van der Waals surface area contributed by atoms with Gasteiger partial charge < -0.3 is 10.1 Å². The number of hydrogen-bond acceptors (Lipinski definition) is 4. The van der Waals surface area contributed by atoms with Gasteiger partial charge in [-0.3, -0.25) is 9.59 Å². The highest BCUT2D eigenvalue weighted by molar-refractivity contribution is 5.95. The molecular formula is C23H25N3O3. The third kappa shape index (κ3) is 5.54. The molecule has 0 aliphatic heterocycles. The fraction of sp³-hybridized carbons (Fsp3) is 0.261. The van der Waals surface area contributed by atoms with E-state index in [1.807, 2.05) is 48.7 Å². The Bertz CT molecular complexity index is 954. The Morgan fingerprint density at radius 1 is 1.03 bits per heavy atom. The molecule has 1 N–H and O–H groups in total. The van der Waals surface area contributed by atoms with E-state index in [1.54, 1.807) is 23.0 Å². The third-order valence-corrected chi connectivity index (χ3v) is 4.51. The number of esters is 1. The number of hydrogen-bond donors (Lipinski definition) is 1. The summed E-state index contributed by atoms with van der Waals surface area (Å²) in [6, 6.07) is 16.8. The molecule has 3 rings (SSSR count). The maximum Gasteiger partial charge on any atom is 0.325 e. The molecule has 0 unspecified atom stereocenters. The van der Waals surface area contributed by atoms with Crippen molar-refractivity contribution in [2.24, 2.45) is 0 Å². The van der Waals surface area contributed by atoms with E-state index in [-0.39, 0.29) is 24.5 Å². The summed E-state index contributed by atoms with van der Waals surface area (Å²) in [5.41, 5.74) is 3.47. The normalized spacial score (nSPS) is 11.1. The first kappa shape index (κ1) is 20.3. The van der Waals surface area contributed by atoms with Crippen LogP contribution in [0.4, 0.5) is 0 Å². The summed E-state index contributed by atoms with van der Waals surface area (Å²) in [6.07, 6.45) is 3.57. The summed E-state index contributed by atoms with van der Waals surface area (Å²) in [5.74, 6) is -0.785. The predicted octanol–water partition coefficient (Wildman–Crippen LogP) is 3.64. The molecule has 0 bridgehead atoms. The second kappa shape index (κ2) is 8.73. The van der Waals surface area contributed by atoms with Crippen LogP contribution < -0.4 is 5.32 Å². The minimum Gasteiger partial charge on any atom is -0.460 e. The number of aromatic nitrogens is 2. The highest BCUT2D eigenvalue weighted by atomic mass is 16.5. The van der Waals surface area contributed by atoms with E-state index >= 15 is 0 Å². The lowest BCUT2D eigenvalue weighted by atomic mass is 9.87. The van der Waals surface area contributed by atoms with Gasteiger partial charge >= 0.3 is 5.97 Å². The number of carbonyl (C=O) groups excluding carboxylic acids is 2. The first-order valence-electron chi connectivity index (χ1n) is 9.46. The average Bonchev–Trinajstić information content (AvgIpc) is 3.25. The number of rotatable bonds is 6. The summed E-state index contributed by atoms with van der Waals surface area (Å²) in [7, 11) is 0. The second-order valence-electron chi connectivity index (χ2n) is 7.79. The highest BCUT2D eigenvalue weighted by Gasteiger charge is 2.15. The van der Waals surface area contributed by atoms with Crippen LogP contribution in [0.25, 0.3) is 5.69 Å². The molecule has 0 fully saturated rings. The van der Waals surface area contributed by atoms with Crippen molar-refractivity contribution in [3.8, 4) is 5.69 Å². The Hall–Kier alpha value is -3.41. The third-order valence-electron chi connectivity index (χ3n) is 4.51. The zero-order chi connectivity index (χ0) is 20.9. The molecule has 6 nitrogen and oxygen atoms in total. The van der Waals surface area contributed by atoms with Crippen LogP contribution in [-0.4, -0.2) is 28.2 Å². The quantitative estimate of drug-likeness (QED) is 0.651. The maximum absolute atomic E-state index is 12.2. The van der Waals surface area contributed by atoms with Crippen molar-refractivity contribution in [1.82, 2.24) is 15.1 Å². The lowest BCUT2D eigenvalue weighted by molar-refractivity contribution is -0.143. The Labute approximate surface area is 170 Å². The van der Waals surface area contributed by atoms with E-state index in [4.69, 9.17) is 4.74 Å². The van der Waals surface area contributed by atoms with Gasteiger partial charge in [0.2, 0.25) is 0 Å². The lowest BCUT2D eigenvalue weighted by Gasteiger charge is -2.19. The maximum atomic E-state index is 12.2. The topological polar surface area (TPSA) is 73.2 Å². The molecule has 2 aromatic carbocycles. The van der Waals surface area contributed by atoms with Crippen LogP contribution in [0.1, 0.15) is 42.3 Å². The molecule has 6 heteroatoms. The van der Waals surface area contributed by atoms with E-state index in [0.29, 0.717) is 5.56 Å². The molecule has 0 aliphatic rings. The van der Waals surface area contributed by atoms with Crippen LogP contribution >= 0.6 is 0 Å². The first-order valence-corrected chi connectivity index (χ1v) is 9.46. The molecule has 0 atom stereocenters. The van der Waals surface area contributed by atoms with Crippen LogP contribution in [0, 0.1) is 0 Å². The number of benzene rings is 2. The monoisotopic (exact) mass is 391 g/mol. The Morgan fingerprint density at radius 2 is 1.72 bits per heavy atom. The molecule has 0 saturated carbocycles. The van der Waals surface area contributed by atoms with Crippen LogP contribution in [0.15, 0.2) is 67.0 Å². The Balaban J connectivity index is 1.45. The lowest BCUT2D eigenvalue weighted by Crippen LogP contribution is -2.30. The molecule has 1 aromatic heterocycles. The minimum absolute atomic E-state index is 0.0232. The number of nitrogens with zero attached hydrogens (tertiary/aromatic N) is 2. The number of nitrogens with one attached hydrogen (secondary N) is 1. The van der Waals surface area contributed by atoms with Crippen LogP contribution in [-0.2, 0) is 21.6 Å². The predicted molar refractivity (Wildman–Crippen MR) is 111 cm³/mol. The van der Waals surface area contributed by atoms with E-state index < -0.39 is 5.97 Å². The molecule has 3 aromatic rings.